The van der Waals surface area contributed by atoms with Gasteiger partial charge in [-0.2, -0.15) is 0 Å². The normalized spacial score (nSPS) is 11.7. The molecule has 0 aliphatic rings. The van der Waals surface area contributed by atoms with Crippen molar-refractivity contribution in [3.63, 3.8) is 0 Å². The predicted octanol–water partition coefficient (Wildman–Crippen LogP) is 4.68. The van der Waals surface area contributed by atoms with Gasteiger partial charge in [0, 0.05) is 12.7 Å². The third-order valence-corrected chi connectivity index (χ3v) is 3.88. The van der Waals surface area contributed by atoms with Crippen molar-refractivity contribution in [3.8, 4) is 11.4 Å². The zero-order chi connectivity index (χ0) is 18.9. The van der Waals surface area contributed by atoms with E-state index in [0.717, 1.165) is 5.56 Å². The Morgan fingerprint density at radius 2 is 1.88 bits per heavy atom. The Labute approximate surface area is 156 Å². The van der Waals surface area contributed by atoms with Crippen LogP contribution < -0.4 is 0 Å². The molecule has 0 radical (unpaired) electrons. The van der Waals surface area contributed by atoms with Crippen LogP contribution in [0.1, 0.15) is 26.5 Å². The van der Waals surface area contributed by atoms with Crippen LogP contribution in [0.3, 0.4) is 0 Å². The van der Waals surface area contributed by atoms with Crippen LogP contribution in [0.5, 0.6) is 0 Å². The molecule has 0 fully saturated rings. The lowest BCUT2D eigenvalue weighted by atomic mass is 10.2. The fraction of sp³-hybridized carbons (Fsp3) is 0.316. The average Bonchev–Trinajstić information content (AvgIpc) is 2.93. The highest BCUT2D eigenvalue weighted by molar-refractivity contribution is 6.34. The summed E-state index contributed by atoms with van der Waals surface area (Å²) in [6.45, 7) is 5.64. The molecule has 3 rings (SSSR count). The fourth-order valence-corrected chi connectivity index (χ4v) is 2.79. The fourth-order valence-electron chi connectivity index (χ4n) is 2.57. The zero-order valence-corrected chi connectivity index (χ0v) is 15.9. The molecule has 0 atom stereocenters. The predicted molar refractivity (Wildman–Crippen MR) is 100 cm³/mol. The van der Waals surface area contributed by atoms with Gasteiger partial charge >= 0.3 is 6.09 Å². The van der Waals surface area contributed by atoms with E-state index < -0.39 is 11.7 Å². The highest BCUT2D eigenvalue weighted by atomic mass is 35.5. The van der Waals surface area contributed by atoms with Gasteiger partial charge in [0.25, 0.3) is 0 Å². The van der Waals surface area contributed by atoms with E-state index in [9.17, 15) is 4.79 Å². The first kappa shape index (κ1) is 18.4. The second-order valence-electron chi connectivity index (χ2n) is 6.83. The molecule has 0 aliphatic carbocycles. The van der Waals surface area contributed by atoms with E-state index in [-0.39, 0.29) is 11.8 Å². The molecule has 1 aromatic carbocycles. The average molecular weight is 374 g/mol. The Morgan fingerprint density at radius 3 is 2.50 bits per heavy atom. The number of halogens is 1. The number of nitrogens with zero attached hydrogens (tertiary/aromatic N) is 3. The maximum Gasteiger partial charge on any atom is 0.420 e. The highest BCUT2D eigenvalue weighted by Gasteiger charge is 2.24. The van der Waals surface area contributed by atoms with Crippen LogP contribution in [0, 0.1) is 0 Å². The molecule has 0 spiro atoms. The molecule has 136 valence electrons. The lowest BCUT2D eigenvalue weighted by molar-refractivity contribution is 0.0528. The third-order valence-electron chi connectivity index (χ3n) is 3.59. The topological polar surface area (TPSA) is 66.2 Å². The number of carbonyl (C=O) groups is 1. The molecule has 2 heterocycles. The van der Waals surface area contributed by atoms with E-state index in [1.807, 2.05) is 51.1 Å². The van der Waals surface area contributed by atoms with Crippen molar-refractivity contribution < 1.29 is 14.3 Å². The maximum absolute atomic E-state index is 12.8. The molecule has 6 nitrogen and oxygen atoms in total. The second-order valence-corrected chi connectivity index (χ2v) is 7.18. The summed E-state index contributed by atoms with van der Waals surface area (Å²) < 4.78 is 12.1. The Balaban J connectivity index is 2.21. The molecule has 3 aromatic rings. The van der Waals surface area contributed by atoms with Gasteiger partial charge in [-0.15, -0.1) is 0 Å². The molecule has 0 aliphatic heterocycles. The molecule has 0 unspecified atom stereocenters. The number of aromatic nitrogens is 3. The number of ether oxygens (including phenoxy) is 2. The van der Waals surface area contributed by atoms with Crippen molar-refractivity contribution in [1.29, 1.82) is 0 Å². The minimum absolute atomic E-state index is 0.215. The summed E-state index contributed by atoms with van der Waals surface area (Å²) in [5.41, 5.74) is 1.15. The Kier molecular flexibility index (Phi) is 4.98. The van der Waals surface area contributed by atoms with Crippen LogP contribution in [0.15, 0.2) is 36.4 Å². The Morgan fingerprint density at radius 1 is 1.19 bits per heavy atom. The number of fused-ring (bicyclic) bond motifs is 1. The molecule has 0 saturated heterocycles. The number of rotatable bonds is 3. The van der Waals surface area contributed by atoms with Crippen LogP contribution >= 0.6 is 11.6 Å². The first-order chi connectivity index (χ1) is 12.3. The van der Waals surface area contributed by atoms with E-state index in [2.05, 4.69) is 9.97 Å². The van der Waals surface area contributed by atoms with E-state index in [1.165, 1.54) is 4.57 Å². The first-order valence-electron chi connectivity index (χ1n) is 8.16. The summed E-state index contributed by atoms with van der Waals surface area (Å²) in [6, 6.07) is 11.2. The van der Waals surface area contributed by atoms with E-state index in [1.54, 1.807) is 13.2 Å². The smallest absolute Gasteiger partial charge is 0.420 e. The number of carbonyl (C=O) groups excluding carboxylic acids is 1. The number of methoxy groups -OCH3 is 1. The van der Waals surface area contributed by atoms with Gasteiger partial charge in [-0.3, -0.25) is 0 Å². The van der Waals surface area contributed by atoms with Gasteiger partial charge in [-0.05, 0) is 26.8 Å². The highest BCUT2D eigenvalue weighted by Crippen LogP contribution is 2.29. The summed E-state index contributed by atoms with van der Waals surface area (Å²) >= 11 is 6.38. The van der Waals surface area contributed by atoms with Crippen LogP contribution in [0.2, 0.25) is 5.15 Å². The van der Waals surface area contributed by atoms with Gasteiger partial charge in [-0.1, -0.05) is 41.9 Å². The van der Waals surface area contributed by atoms with Crippen molar-refractivity contribution in [2.75, 3.05) is 7.11 Å². The van der Waals surface area contributed by atoms with Gasteiger partial charge in [0.15, 0.2) is 11.5 Å². The number of benzene rings is 1. The summed E-state index contributed by atoms with van der Waals surface area (Å²) in [5, 5.41) is 0.845. The van der Waals surface area contributed by atoms with E-state index >= 15 is 0 Å². The quantitative estimate of drug-likeness (QED) is 0.623. The van der Waals surface area contributed by atoms with Gasteiger partial charge < -0.3 is 9.47 Å². The molecular weight excluding hydrogens is 354 g/mol. The first-order valence-corrected chi connectivity index (χ1v) is 8.53. The third kappa shape index (κ3) is 3.71. The summed E-state index contributed by atoms with van der Waals surface area (Å²) in [4.78, 5) is 21.7. The van der Waals surface area contributed by atoms with Gasteiger partial charge in [-0.25, -0.2) is 19.3 Å². The summed E-state index contributed by atoms with van der Waals surface area (Å²) in [7, 11) is 1.56. The largest absolute Gasteiger partial charge is 0.443 e. The van der Waals surface area contributed by atoms with Crippen molar-refractivity contribution in [1.82, 2.24) is 14.5 Å². The van der Waals surface area contributed by atoms with Crippen LogP contribution in [-0.4, -0.2) is 33.3 Å². The van der Waals surface area contributed by atoms with E-state index in [0.29, 0.717) is 22.6 Å². The molecular formula is C19H20ClN3O3. The van der Waals surface area contributed by atoms with E-state index in [4.69, 9.17) is 21.1 Å². The molecule has 0 bridgehead atoms. The van der Waals surface area contributed by atoms with Gasteiger partial charge in [0.05, 0.1) is 17.7 Å². The van der Waals surface area contributed by atoms with Gasteiger partial charge in [0.1, 0.15) is 10.8 Å². The lowest BCUT2D eigenvalue weighted by Crippen LogP contribution is -2.28. The monoisotopic (exact) mass is 373 g/mol. The number of hydrogen-bond acceptors (Lipinski definition) is 5. The minimum atomic E-state index is -0.642. The van der Waals surface area contributed by atoms with Crippen LogP contribution in [-0.2, 0) is 16.1 Å². The number of hydrogen-bond donors (Lipinski definition) is 0. The summed E-state index contributed by atoms with van der Waals surface area (Å²) in [5.74, 6) is 0.440. The van der Waals surface area contributed by atoms with Crippen molar-refractivity contribution in [3.05, 3.63) is 47.2 Å². The SMILES string of the molecule is COCc1cc2c(Cl)nc(-c3ccccc3)nc2n1C(=O)OC(C)(C)C. The molecule has 7 heteroatoms. The maximum atomic E-state index is 12.8. The van der Waals surface area contributed by atoms with Crippen molar-refractivity contribution in [2.45, 2.75) is 33.0 Å². The Bertz CT molecular complexity index is 946. The zero-order valence-electron chi connectivity index (χ0n) is 15.1. The van der Waals surface area contributed by atoms with Crippen molar-refractivity contribution in [2.24, 2.45) is 0 Å². The second kappa shape index (κ2) is 7.05. The standard InChI is InChI=1S/C19H20ClN3O3/c1-19(2,3)26-18(24)23-13(11-25-4)10-14-15(20)21-16(22-17(14)23)12-8-6-5-7-9-12/h5-10H,11H2,1-4H3. The molecule has 2 aromatic heterocycles. The lowest BCUT2D eigenvalue weighted by Gasteiger charge is -2.20. The molecule has 0 N–H and O–H groups in total. The van der Waals surface area contributed by atoms with Crippen LogP contribution in [0.4, 0.5) is 4.79 Å². The summed E-state index contributed by atoms with van der Waals surface area (Å²) in [6.07, 6.45) is -0.534. The van der Waals surface area contributed by atoms with Crippen molar-refractivity contribution >= 4 is 28.7 Å². The van der Waals surface area contributed by atoms with Crippen LogP contribution in [0.25, 0.3) is 22.4 Å². The molecule has 26 heavy (non-hydrogen) atoms. The minimum Gasteiger partial charge on any atom is -0.443 e. The molecule has 0 saturated carbocycles. The molecule has 0 amide bonds. The Hall–Kier alpha value is -2.44. The van der Waals surface area contributed by atoms with Gasteiger partial charge in [0.2, 0.25) is 0 Å².